The lowest BCUT2D eigenvalue weighted by atomic mass is 10.4. The van der Waals surface area contributed by atoms with Crippen molar-refractivity contribution in [3.8, 4) is 11.8 Å². The van der Waals surface area contributed by atoms with Gasteiger partial charge in [-0.3, -0.25) is 4.90 Å². The maximum atomic E-state index is 4.99. The first-order valence-electron chi connectivity index (χ1n) is 4.52. The number of likely N-dealkylation sites (N-methyl/N-ethyl adjacent to an activating group) is 1. The molecule has 0 saturated heterocycles. The van der Waals surface area contributed by atoms with E-state index in [9.17, 15) is 0 Å². The highest BCUT2D eigenvalue weighted by Gasteiger charge is 1.97. The van der Waals surface area contributed by atoms with Gasteiger partial charge in [-0.1, -0.05) is 19.8 Å². The number of rotatable bonds is 5. The standard InChI is InChI=1S/C10H19NO/c1-4-6-7-8-11(5-2)9-10-12-3/h4-5,8-10H2,1-3H3. The summed E-state index contributed by atoms with van der Waals surface area (Å²) in [7, 11) is 1.73. The molecule has 0 rings (SSSR count). The Labute approximate surface area is 75.9 Å². The summed E-state index contributed by atoms with van der Waals surface area (Å²) in [5.41, 5.74) is 0. The van der Waals surface area contributed by atoms with Crippen LogP contribution in [0.25, 0.3) is 0 Å². The maximum absolute atomic E-state index is 4.99. The van der Waals surface area contributed by atoms with Crippen molar-refractivity contribution in [1.82, 2.24) is 4.90 Å². The molecule has 0 atom stereocenters. The molecular formula is C10H19NO. The fourth-order valence-electron chi connectivity index (χ4n) is 0.862. The normalized spacial score (nSPS) is 9.67. The van der Waals surface area contributed by atoms with Crippen LogP contribution in [0, 0.1) is 11.8 Å². The molecule has 0 fully saturated rings. The first kappa shape index (κ1) is 11.5. The SMILES string of the molecule is CCC#CCN(CC)CCOC. The van der Waals surface area contributed by atoms with Crippen LogP contribution in [0.15, 0.2) is 0 Å². The first-order valence-corrected chi connectivity index (χ1v) is 4.52. The van der Waals surface area contributed by atoms with Gasteiger partial charge in [0.2, 0.25) is 0 Å². The minimum atomic E-state index is 0.793. The van der Waals surface area contributed by atoms with Gasteiger partial charge < -0.3 is 4.74 Å². The van der Waals surface area contributed by atoms with Crippen molar-refractivity contribution in [3.63, 3.8) is 0 Å². The fraction of sp³-hybridized carbons (Fsp3) is 0.800. The van der Waals surface area contributed by atoms with Crippen LogP contribution >= 0.6 is 0 Å². The van der Waals surface area contributed by atoms with Gasteiger partial charge in [0.25, 0.3) is 0 Å². The zero-order valence-electron chi connectivity index (χ0n) is 8.39. The summed E-state index contributed by atoms with van der Waals surface area (Å²) in [4.78, 5) is 2.27. The number of ether oxygens (including phenoxy) is 1. The van der Waals surface area contributed by atoms with E-state index in [2.05, 4.69) is 30.6 Å². The van der Waals surface area contributed by atoms with Gasteiger partial charge in [0.1, 0.15) is 0 Å². The molecule has 12 heavy (non-hydrogen) atoms. The predicted molar refractivity (Wildman–Crippen MR) is 52.1 cm³/mol. The Hall–Kier alpha value is -0.520. The predicted octanol–water partition coefficient (Wildman–Crippen LogP) is 1.37. The molecule has 0 aliphatic rings. The summed E-state index contributed by atoms with van der Waals surface area (Å²) in [6.07, 6.45) is 0.946. The lowest BCUT2D eigenvalue weighted by Crippen LogP contribution is -2.27. The molecule has 70 valence electrons. The van der Waals surface area contributed by atoms with Crippen LogP contribution in [0.4, 0.5) is 0 Å². The third kappa shape index (κ3) is 6.21. The molecule has 0 bridgehead atoms. The third-order valence-corrected chi connectivity index (χ3v) is 1.66. The molecule has 0 N–H and O–H groups in total. The van der Waals surface area contributed by atoms with E-state index in [4.69, 9.17) is 4.74 Å². The van der Waals surface area contributed by atoms with Gasteiger partial charge in [-0.2, -0.15) is 0 Å². The molecular weight excluding hydrogens is 150 g/mol. The molecule has 0 heterocycles. The molecule has 0 aliphatic heterocycles. The van der Waals surface area contributed by atoms with Crippen molar-refractivity contribution in [2.75, 3.05) is 33.4 Å². The molecule has 0 aliphatic carbocycles. The lowest BCUT2D eigenvalue weighted by molar-refractivity contribution is 0.158. The Balaban J connectivity index is 3.52. The van der Waals surface area contributed by atoms with Gasteiger partial charge in [0, 0.05) is 20.1 Å². The van der Waals surface area contributed by atoms with E-state index in [0.29, 0.717) is 0 Å². The summed E-state index contributed by atoms with van der Waals surface area (Å²) in [5.74, 6) is 6.17. The van der Waals surface area contributed by atoms with E-state index >= 15 is 0 Å². The molecule has 0 aromatic heterocycles. The molecule has 0 aromatic carbocycles. The second-order valence-electron chi connectivity index (χ2n) is 2.57. The molecule has 0 unspecified atom stereocenters. The minimum absolute atomic E-state index is 0.793. The fourth-order valence-corrected chi connectivity index (χ4v) is 0.862. The van der Waals surface area contributed by atoms with Gasteiger partial charge in [0.15, 0.2) is 0 Å². The summed E-state index contributed by atoms with van der Waals surface area (Å²) in [6.45, 7) is 7.89. The molecule has 0 saturated carbocycles. The number of methoxy groups -OCH3 is 1. The van der Waals surface area contributed by atoms with E-state index in [1.807, 2.05) is 0 Å². The second kappa shape index (κ2) is 8.58. The summed E-state index contributed by atoms with van der Waals surface area (Å²) in [5, 5.41) is 0. The van der Waals surface area contributed by atoms with E-state index < -0.39 is 0 Å². The molecule has 0 aromatic rings. The van der Waals surface area contributed by atoms with Crippen LogP contribution in [-0.2, 0) is 4.74 Å². The Bertz CT molecular complexity index is 146. The van der Waals surface area contributed by atoms with Crippen LogP contribution < -0.4 is 0 Å². The van der Waals surface area contributed by atoms with Crippen molar-refractivity contribution in [1.29, 1.82) is 0 Å². The van der Waals surface area contributed by atoms with Crippen molar-refractivity contribution >= 4 is 0 Å². The van der Waals surface area contributed by atoms with Gasteiger partial charge >= 0.3 is 0 Å². The lowest BCUT2D eigenvalue weighted by Gasteiger charge is -2.15. The highest BCUT2D eigenvalue weighted by atomic mass is 16.5. The largest absolute Gasteiger partial charge is 0.383 e. The van der Waals surface area contributed by atoms with Crippen LogP contribution in [0.1, 0.15) is 20.3 Å². The highest BCUT2D eigenvalue weighted by Crippen LogP contribution is 1.85. The zero-order chi connectivity index (χ0) is 9.23. The Morgan fingerprint density at radius 1 is 1.25 bits per heavy atom. The van der Waals surface area contributed by atoms with Crippen LogP contribution in [-0.4, -0.2) is 38.3 Å². The van der Waals surface area contributed by atoms with Crippen LogP contribution in [0.3, 0.4) is 0 Å². The maximum Gasteiger partial charge on any atom is 0.0602 e. The average Bonchev–Trinajstić information content (AvgIpc) is 2.11. The van der Waals surface area contributed by atoms with E-state index in [1.54, 1.807) is 7.11 Å². The van der Waals surface area contributed by atoms with Crippen LogP contribution in [0.2, 0.25) is 0 Å². The zero-order valence-corrected chi connectivity index (χ0v) is 8.39. The first-order chi connectivity index (χ1) is 5.85. The molecule has 2 nitrogen and oxygen atoms in total. The molecule has 0 radical (unpaired) electrons. The Morgan fingerprint density at radius 2 is 2.00 bits per heavy atom. The van der Waals surface area contributed by atoms with Crippen LogP contribution in [0.5, 0.6) is 0 Å². The molecule has 2 heteroatoms. The minimum Gasteiger partial charge on any atom is -0.383 e. The summed E-state index contributed by atoms with van der Waals surface area (Å²) in [6, 6.07) is 0. The Kier molecular flexibility index (Phi) is 8.20. The van der Waals surface area contributed by atoms with Crippen molar-refractivity contribution in [3.05, 3.63) is 0 Å². The molecule has 0 amide bonds. The summed E-state index contributed by atoms with van der Waals surface area (Å²) >= 11 is 0. The van der Waals surface area contributed by atoms with Gasteiger partial charge in [-0.05, 0) is 6.54 Å². The molecule has 0 spiro atoms. The quantitative estimate of drug-likeness (QED) is 0.576. The van der Waals surface area contributed by atoms with Gasteiger partial charge in [-0.25, -0.2) is 0 Å². The van der Waals surface area contributed by atoms with E-state index in [1.165, 1.54) is 0 Å². The van der Waals surface area contributed by atoms with Crippen molar-refractivity contribution in [2.24, 2.45) is 0 Å². The smallest absolute Gasteiger partial charge is 0.0602 e. The monoisotopic (exact) mass is 169 g/mol. The van der Waals surface area contributed by atoms with E-state index in [0.717, 1.165) is 32.7 Å². The van der Waals surface area contributed by atoms with E-state index in [-0.39, 0.29) is 0 Å². The number of nitrogens with zero attached hydrogens (tertiary/aromatic N) is 1. The highest BCUT2D eigenvalue weighted by molar-refractivity contribution is 5.00. The van der Waals surface area contributed by atoms with Gasteiger partial charge in [0.05, 0.1) is 13.2 Å². The van der Waals surface area contributed by atoms with Crippen molar-refractivity contribution in [2.45, 2.75) is 20.3 Å². The van der Waals surface area contributed by atoms with Crippen molar-refractivity contribution < 1.29 is 4.74 Å². The topological polar surface area (TPSA) is 12.5 Å². The second-order valence-corrected chi connectivity index (χ2v) is 2.57. The number of hydrogen-bond acceptors (Lipinski definition) is 2. The third-order valence-electron chi connectivity index (χ3n) is 1.66. The number of hydrogen-bond donors (Lipinski definition) is 0. The summed E-state index contributed by atoms with van der Waals surface area (Å²) < 4.78 is 4.99. The van der Waals surface area contributed by atoms with Gasteiger partial charge in [-0.15, -0.1) is 5.92 Å². The average molecular weight is 169 g/mol. The Morgan fingerprint density at radius 3 is 2.50 bits per heavy atom.